The van der Waals surface area contributed by atoms with Crippen LogP contribution in [0.1, 0.15) is 49.1 Å². The van der Waals surface area contributed by atoms with E-state index < -0.39 is 42.2 Å². The van der Waals surface area contributed by atoms with Crippen molar-refractivity contribution in [2.75, 3.05) is 13.2 Å². The predicted octanol–water partition coefficient (Wildman–Crippen LogP) is 3.56. The summed E-state index contributed by atoms with van der Waals surface area (Å²) in [4.78, 5) is 40.9. The lowest BCUT2D eigenvalue weighted by Gasteiger charge is -2.34. The molecule has 8 heteroatoms. The highest BCUT2D eigenvalue weighted by molar-refractivity contribution is 5.92. The number of amides is 3. The summed E-state index contributed by atoms with van der Waals surface area (Å²) >= 11 is 0. The van der Waals surface area contributed by atoms with Crippen molar-refractivity contribution in [2.24, 2.45) is 0 Å². The number of rotatable bonds is 10. The second-order valence-corrected chi connectivity index (χ2v) is 9.56. The number of hydrogen-bond donors (Lipinski definition) is 3. The highest BCUT2D eigenvalue weighted by atomic mass is 16.6. The zero-order valence-corrected chi connectivity index (χ0v) is 21.7. The Hall–Kier alpha value is -3.65. The zero-order valence-electron chi connectivity index (χ0n) is 21.7. The third-order valence-corrected chi connectivity index (χ3v) is 5.59. The molecule has 36 heavy (non-hydrogen) atoms. The number of aliphatic hydroxyl groups excluding tert-OH is 1. The summed E-state index contributed by atoms with van der Waals surface area (Å²) in [6.45, 7) is 12.3. The molecule has 0 radical (unpaired) electrons. The summed E-state index contributed by atoms with van der Waals surface area (Å²) in [5.74, 6) is -1.03. The topological polar surface area (TPSA) is 108 Å². The van der Waals surface area contributed by atoms with Crippen LogP contribution in [0, 0.1) is 13.8 Å². The highest BCUT2D eigenvalue weighted by Crippen LogP contribution is 2.27. The average Bonchev–Trinajstić information content (AvgIpc) is 2.82. The SMILES string of the molecule is C=CCN(C(=O)C(CO)NC(=O)OC(C)(C)C)C(C(=O)NCc1ccccc1)c1cccc(C)c1C. The summed E-state index contributed by atoms with van der Waals surface area (Å²) in [6.07, 6.45) is 0.660. The van der Waals surface area contributed by atoms with Crippen molar-refractivity contribution in [3.8, 4) is 0 Å². The summed E-state index contributed by atoms with van der Waals surface area (Å²) in [5, 5.41) is 15.3. The highest BCUT2D eigenvalue weighted by Gasteiger charge is 2.36. The maximum atomic E-state index is 13.6. The van der Waals surface area contributed by atoms with Gasteiger partial charge in [-0.25, -0.2) is 4.79 Å². The van der Waals surface area contributed by atoms with Gasteiger partial charge in [-0.05, 0) is 56.9 Å². The minimum absolute atomic E-state index is 0.0160. The largest absolute Gasteiger partial charge is 0.444 e. The number of hydrogen-bond acceptors (Lipinski definition) is 5. The third kappa shape index (κ3) is 7.95. The Morgan fingerprint density at radius 1 is 1.08 bits per heavy atom. The van der Waals surface area contributed by atoms with E-state index in [1.807, 2.05) is 56.3 Å². The molecule has 2 rings (SSSR count). The van der Waals surface area contributed by atoms with Gasteiger partial charge in [-0.1, -0.05) is 54.6 Å². The molecular weight excluding hydrogens is 458 g/mol. The fourth-order valence-electron chi connectivity index (χ4n) is 3.70. The first kappa shape index (κ1) is 28.6. The van der Waals surface area contributed by atoms with Crippen LogP contribution < -0.4 is 10.6 Å². The Labute approximate surface area is 213 Å². The third-order valence-electron chi connectivity index (χ3n) is 5.59. The number of benzene rings is 2. The average molecular weight is 496 g/mol. The van der Waals surface area contributed by atoms with Crippen LogP contribution in [-0.4, -0.2) is 52.7 Å². The molecule has 0 aliphatic rings. The van der Waals surface area contributed by atoms with Gasteiger partial charge in [0.1, 0.15) is 17.7 Å². The maximum Gasteiger partial charge on any atom is 0.408 e. The summed E-state index contributed by atoms with van der Waals surface area (Å²) in [6, 6.07) is 12.7. The van der Waals surface area contributed by atoms with E-state index in [1.54, 1.807) is 26.8 Å². The molecule has 2 aromatic rings. The zero-order chi connectivity index (χ0) is 26.9. The normalized spacial score (nSPS) is 12.7. The molecule has 194 valence electrons. The number of carbonyl (C=O) groups is 3. The van der Waals surface area contributed by atoms with Gasteiger partial charge >= 0.3 is 6.09 Å². The van der Waals surface area contributed by atoms with E-state index in [4.69, 9.17) is 4.74 Å². The number of carbonyl (C=O) groups excluding carboxylic acids is 3. The molecule has 0 saturated heterocycles. The van der Waals surface area contributed by atoms with Crippen molar-refractivity contribution < 1.29 is 24.2 Å². The van der Waals surface area contributed by atoms with Gasteiger partial charge in [-0.15, -0.1) is 6.58 Å². The second kappa shape index (κ2) is 12.9. The van der Waals surface area contributed by atoms with Crippen LogP contribution in [0.5, 0.6) is 0 Å². The first-order chi connectivity index (χ1) is 17.0. The van der Waals surface area contributed by atoms with E-state index in [1.165, 1.54) is 11.0 Å². The lowest BCUT2D eigenvalue weighted by molar-refractivity contribution is -0.142. The Morgan fingerprint density at radius 2 is 1.75 bits per heavy atom. The van der Waals surface area contributed by atoms with Crippen LogP contribution in [0.15, 0.2) is 61.2 Å². The van der Waals surface area contributed by atoms with Gasteiger partial charge in [-0.3, -0.25) is 9.59 Å². The van der Waals surface area contributed by atoms with Gasteiger partial charge in [0.2, 0.25) is 11.8 Å². The smallest absolute Gasteiger partial charge is 0.408 e. The number of aliphatic hydroxyl groups is 1. The van der Waals surface area contributed by atoms with Crippen LogP contribution >= 0.6 is 0 Å². The molecule has 3 amide bonds. The molecule has 0 heterocycles. The van der Waals surface area contributed by atoms with Gasteiger partial charge in [0.25, 0.3) is 0 Å². The van der Waals surface area contributed by atoms with E-state index in [0.29, 0.717) is 5.56 Å². The van der Waals surface area contributed by atoms with Crippen LogP contribution in [0.4, 0.5) is 4.79 Å². The monoisotopic (exact) mass is 495 g/mol. The van der Waals surface area contributed by atoms with Crippen molar-refractivity contribution in [1.82, 2.24) is 15.5 Å². The van der Waals surface area contributed by atoms with Crippen LogP contribution in [0.2, 0.25) is 0 Å². The van der Waals surface area contributed by atoms with E-state index in [9.17, 15) is 19.5 Å². The van der Waals surface area contributed by atoms with Gasteiger partial charge in [0, 0.05) is 13.1 Å². The van der Waals surface area contributed by atoms with Crippen LogP contribution in [-0.2, 0) is 20.9 Å². The fraction of sp³-hybridized carbons (Fsp3) is 0.393. The molecule has 0 fully saturated rings. The number of nitrogens with zero attached hydrogens (tertiary/aromatic N) is 1. The number of alkyl carbamates (subject to hydrolysis) is 1. The van der Waals surface area contributed by atoms with Gasteiger partial charge in [0.15, 0.2) is 0 Å². The lowest BCUT2D eigenvalue weighted by atomic mass is 9.95. The molecule has 0 aromatic heterocycles. The number of aryl methyl sites for hydroxylation is 1. The molecule has 0 spiro atoms. The minimum atomic E-state index is -1.31. The van der Waals surface area contributed by atoms with Gasteiger partial charge in [0.05, 0.1) is 6.61 Å². The Morgan fingerprint density at radius 3 is 2.33 bits per heavy atom. The maximum absolute atomic E-state index is 13.6. The first-order valence-corrected chi connectivity index (χ1v) is 11.9. The molecular formula is C28H37N3O5. The molecule has 2 atom stereocenters. The molecule has 2 aromatic carbocycles. The second-order valence-electron chi connectivity index (χ2n) is 9.56. The number of ether oxygens (including phenoxy) is 1. The van der Waals surface area contributed by atoms with Crippen molar-refractivity contribution in [3.05, 3.63) is 83.4 Å². The van der Waals surface area contributed by atoms with E-state index in [0.717, 1.165) is 16.7 Å². The van der Waals surface area contributed by atoms with E-state index >= 15 is 0 Å². The molecule has 0 bridgehead atoms. The minimum Gasteiger partial charge on any atom is -0.444 e. The summed E-state index contributed by atoms with van der Waals surface area (Å²) in [7, 11) is 0. The fourth-order valence-corrected chi connectivity index (χ4v) is 3.70. The molecule has 0 saturated carbocycles. The van der Waals surface area contributed by atoms with Crippen LogP contribution in [0.3, 0.4) is 0 Å². The van der Waals surface area contributed by atoms with Crippen molar-refractivity contribution in [2.45, 2.75) is 58.8 Å². The Kier molecular flexibility index (Phi) is 10.2. The van der Waals surface area contributed by atoms with Crippen molar-refractivity contribution in [3.63, 3.8) is 0 Å². The quantitative estimate of drug-likeness (QED) is 0.437. The lowest BCUT2D eigenvalue weighted by Crippen LogP contribution is -2.54. The molecule has 0 aliphatic heterocycles. The predicted molar refractivity (Wildman–Crippen MR) is 139 cm³/mol. The molecule has 2 unspecified atom stereocenters. The summed E-state index contributed by atoms with van der Waals surface area (Å²) in [5.41, 5.74) is 2.59. The molecule has 3 N–H and O–H groups in total. The molecule has 8 nitrogen and oxygen atoms in total. The Bertz CT molecular complexity index is 1060. The van der Waals surface area contributed by atoms with Crippen molar-refractivity contribution in [1.29, 1.82) is 0 Å². The standard InChI is InChI=1S/C28H37N3O5/c1-7-16-31(26(34)23(18-32)30-27(35)36-28(4,5)6)24(22-15-11-12-19(2)20(22)3)25(33)29-17-21-13-9-8-10-14-21/h7-15,23-24,32H,1,16-18H2,2-6H3,(H,29,33)(H,30,35). The first-order valence-electron chi connectivity index (χ1n) is 11.9. The van der Waals surface area contributed by atoms with E-state index in [2.05, 4.69) is 17.2 Å². The van der Waals surface area contributed by atoms with E-state index in [-0.39, 0.29) is 13.1 Å². The summed E-state index contributed by atoms with van der Waals surface area (Å²) < 4.78 is 5.24. The van der Waals surface area contributed by atoms with Crippen LogP contribution in [0.25, 0.3) is 0 Å². The number of nitrogens with one attached hydrogen (secondary N) is 2. The van der Waals surface area contributed by atoms with Gasteiger partial charge < -0.3 is 25.4 Å². The molecule has 0 aliphatic carbocycles. The Balaban J connectivity index is 2.43. The van der Waals surface area contributed by atoms with Gasteiger partial charge in [-0.2, -0.15) is 0 Å². The van der Waals surface area contributed by atoms with Crippen molar-refractivity contribution >= 4 is 17.9 Å².